The van der Waals surface area contributed by atoms with Crippen LogP contribution < -0.4 is 11.1 Å². The lowest BCUT2D eigenvalue weighted by atomic mass is 10.1. The van der Waals surface area contributed by atoms with E-state index in [9.17, 15) is 5.11 Å². The zero-order valence-electron chi connectivity index (χ0n) is 16.9. The molecule has 0 radical (unpaired) electrons. The third-order valence-corrected chi connectivity index (χ3v) is 5.17. The highest BCUT2D eigenvalue weighted by molar-refractivity contribution is 5.78. The van der Waals surface area contributed by atoms with Crippen LogP contribution in [0, 0.1) is 0 Å². The minimum Gasteiger partial charge on any atom is -0.507 e. The number of phenolic OH excluding ortho intramolecular Hbond substituents is 1. The maximum absolute atomic E-state index is 10.1. The van der Waals surface area contributed by atoms with Gasteiger partial charge in [0.15, 0.2) is 5.82 Å². The maximum Gasteiger partial charge on any atom is 0.154 e. The number of anilines is 1. The van der Waals surface area contributed by atoms with Gasteiger partial charge in [-0.1, -0.05) is 12.1 Å². The summed E-state index contributed by atoms with van der Waals surface area (Å²) in [6, 6.07) is 8.84. The fourth-order valence-electron chi connectivity index (χ4n) is 3.47. The number of ether oxygens (including phenoxy) is 1. The second-order valence-electron chi connectivity index (χ2n) is 7.24. The Morgan fingerprint density at radius 2 is 1.87 bits per heavy atom. The molecule has 0 aliphatic carbocycles. The number of phenols is 1. The molecule has 1 aliphatic heterocycles. The summed E-state index contributed by atoms with van der Waals surface area (Å²) in [5.41, 5.74) is 8.79. The van der Waals surface area contributed by atoms with Gasteiger partial charge in [0.25, 0.3) is 0 Å². The Morgan fingerprint density at radius 1 is 1.07 bits per heavy atom. The van der Waals surface area contributed by atoms with Crippen molar-refractivity contribution in [2.24, 2.45) is 0 Å². The number of aromatic nitrogens is 4. The zero-order valence-corrected chi connectivity index (χ0v) is 16.9. The first kappa shape index (κ1) is 20.3. The predicted molar refractivity (Wildman–Crippen MR) is 115 cm³/mol. The van der Waals surface area contributed by atoms with E-state index in [0.717, 1.165) is 50.5 Å². The number of nitrogens with two attached hydrogens (primary N) is 1. The Labute approximate surface area is 175 Å². The smallest absolute Gasteiger partial charge is 0.154 e. The molecule has 0 unspecified atom stereocenters. The molecule has 0 atom stereocenters. The fraction of sp³-hybridized carbons (Fsp3) is 0.381. The molecule has 158 valence electrons. The third kappa shape index (κ3) is 4.93. The van der Waals surface area contributed by atoms with Crippen LogP contribution in [0.1, 0.15) is 0 Å². The number of benzene rings is 1. The van der Waals surface area contributed by atoms with E-state index >= 15 is 0 Å². The number of nitrogens with zero attached hydrogens (tertiary/aromatic N) is 5. The molecule has 30 heavy (non-hydrogen) atoms. The number of aromatic hydroxyl groups is 1. The molecule has 9 heteroatoms. The lowest BCUT2D eigenvalue weighted by Gasteiger charge is -2.26. The van der Waals surface area contributed by atoms with Crippen LogP contribution in [0.15, 0.2) is 42.7 Å². The lowest BCUT2D eigenvalue weighted by Crippen LogP contribution is -2.44. The molecule has 0 spiro atoms. The van der Waals surface area contributed by atoms with Crippen LogP contribution in [-0.4, -0.2) is 75.9 Å². The molecule has 3 aromatic rings. The zero-order chi connectivity index (χ0) is 20.8. The molecule has 4 rings (SSSR count). The summed E-state index contributed by atoms with van der Waals surface area (Å²) in [6.07, 6.45) is 3.67. The van der Waals surface area contributed by atoms with Crippen LogP contribution in [-0.2, 0) is 11.3 Å². The number of hydrogen-bond donors (Lipinski definition) is 3. The number of rotatable bonds is 8. The summed E-state index contributed by atoms with van der Waals surface area (Å²) >= 11 is 0. The van der Waals surface area contributed by atoms with Crippen molar-refractivity contribution in [2.45, 2.75) is 6.54 Å². The number of para-hydroxylation sites is 1. The van der Waals surface area contributed by atoms with Gasteiger partial charge >= 0.3 is 0 Å². The first-order valence-electron chi connectivity index (χ1n) is 10.2. The molecule has 9 nitrogen and oxygen atoms in total. The Hall–Kier alpha value is -3.01. The fourth-order valence-corrected chi connectivity index (χ4v) is 3.47. The van der Waals surface area contributed by atoms with Crippen LogP contribution in [0.5, 0.6) is 5.75 Å². The standard InChI is InChI=1S/C21H27N7O2/c22-21-18(13-19(25-26-21)17-3-1-2-4-20(17)29)16-14-24-28(15-16)10-12-30-11-9-27-7-5-23-6-8-27/h1-4,13-15,23,29H,5-12H2,(H2,22,26). The van der Waals surface area contributed by atoms with E-state index in [4.69, 9.17) is 10.5 Å². The van der Waals surface area contributed by atoms with Gasteiger partial charge in [-0.05, 0) is 18.2 Å². The van der Waals surface area contributed by atoms with E-state index in [1.165, 1.54) is 0 Å². The highest BCUT2D eigenvalue weighted by Crippen LogP contribution is 2.31. The Balaban J connectivity index is 1.35. The summed E-state index contributed by atoms with van der Waals surface area (Å²) in [5, 5.41) is 26.0. The van der Waals surface area contributed by atoms with Gasteiger partial charge in [0, 0.05) is 55.6 Å². The van der Waals surface area contributed by atoms with Crippen molar-refractivity contribution in [3.8, 4) is 28.1 Å². The van der Waals surface area contributed by atoms with Gasteiger partial charge in [-0.2, -0.15) is 5.10 Å². The molecule has 4 N–H and O–H groups in total. The minimum absolute atomic E-state index is 0.149. The number of nitrogen functional groups attached to an aromatic ring is 1. The molecule has 1 aliphatic rings. The Kier molecular flexibility index (Phi) is 6.53. The van der Waals surface area contributed by atoms with Crippen molar-refractivity contribution in [3.63, 3.8) is 0 Å². The summed E-state index contributed by atoms with van der Waals surface area (Å²) in [4.78, 5) is 2.41. The molecule has 1 aromatic carbocycles. The molecule has 0 amide bonds. The van der Waals surface area contributed by atoms with E-state index in [0.29, 0.717) is 30.2 Å². The largest absolute Gasteiger partial charge is 0.507 e. The molecule has 2 aromatic heterocycles. The van der Waals surface area contributed by atoms with Crippen LogP contribution >= 0.6 is 0 Å². The van der Waals surface area contributed by atoms with E-state index in [-0.39, 0.29) is 5.75 Å². The number of piperazine rings is 1. The summed E-state index contributed by atoms with van der Waals surface area (Å²) in [5.74, 6) is 0.470. The highest BCUT2D eigenvalue weighted by Gasteiger charge is 2.13. The van der Waals surface area contributed by atoms with Crippen LogP contribution in [0.25, 0.3) is 22.4 Å². The van der Waals surface area contributed by atoms with E-state index in [2.05, 4.69) is 25.5 Å². The third-order valence-electron chi connectivity index (χ3n) is 5.17. The normalized spacial score (nSPS) is 14.8. The van der Waals surface area contributed by atoms with Crippen LogP contribution in [0.4, 0.5) is 5.82 Å². The van der Waals surface area contributed by atoms with Crippen LogP contribution in [0.3, 0.4) is 0 Å². The van der Waals surface area contributed by atoms with Gasteiger partial charge < -0.3 is 20.9 Å². The summed E-state index contributed by atoms with van der Waals surface area (Å²) < 4.78 is 7.60. The predicted octanol–water partition coefficient (Wildman–Crippen LogP) is 1.22. The minimum atomic E-state index is 0.149. The monoisotopic (exact) mass is 409 g/mol. The Bertz CT molecular complexity index is 969. The average molecular weight is 409 g/mol. The number of hydrogen-bond acceptors (Lipinski definition) is 8. The van der Waals surface area contributed by atoms with Crippen molar-refractivity contribution in [1.29, 1.82) is 0 Å². The second-order valence-corrected chi connectivity index (χ2v) is 7.24. The molecule has 3 heterocycles. The summed E-state index contributed by atoms with van der Waals surface area (Å²) in [7, 11) is 0. The molecule has 0 bridgehead atoms. The van der Waals surface area contributed by atoms with E-state index in [1.807, 2.05) is 23.0 Å². The van der Waals surface area contributed by atoms with Crippen molar-refractivity contribution >= 4 is 5.82 Å². The van der Waals surface area contributed by atoms with E-state index in [1.54, 1.807) is 24.4 Å². The van der Waals surface area contributed by atoms with Crippen molar-refractivity contribution in [1.82, 2.24) is 30.2 Å². The highest BCUT2D eigenvalue weighted by atomic mass is 16.5. The first-order valence-corrected chi connectivity index (χ1v) is 10.2. The second kappa shape index (κ2) is 9.66. The summed E-state index contributed by atoms with van der Waals surface area (Å²) in [6.45, 7) is 7.20. The van der Waals surface area contributed by atoms with Gasteiger partial charge in [0.1, 0.15) is 5.75 Å². The molecular weight excluding hydrogens is 382 g/mol. The van der Waals surface area contributed by atoms with E-state index < -0.39 is 0 Å². The lowest BCUT2D eigenvalue weighted by molar-refractivity contribution is 0.0921. The quantitative estimate of drug-likeness (QED) is 0.476. The average Bonchev–Trinajstić information content (AvgIpc) is 3.24. The van der Waals surface area contributed by atoms with Crippen molar-refractivity contribution in [3.05, 3.63) is 42.7 Å². The van der Waals surface area contributed by atoms with Gasteiger partial charge in [-0.15, -0.1) is 10.2 Å². The molecule has 1 saturated heterocycles. The number of nitrogens with one attached hydrogen (secondary N) is 1. The van der Waals surface area contributed by atoms with Crippen molar-refractivity contribution in [2.75, 3.05) is 51.7 Å². The SMILES string of the molecule is Nc1nnc(-c2ccccc2O)cc1-c1cnn(CCOCCN2CCNCC2)c1. The van der Waals surface area contributed by atoms with Gasteiger partial charge in [-0.25, -0.2) is 0 Å². The molecule has 1 fully saturated rings. The van der Waals surface area contributed by atoms with Crippen LogP contribution in [0.2, 0.25) is 0 Å². The first-order chi connectivity index (χ1) is 14.7. The molecular formula is C21H27N7O2. The van der Waals surface area contributed by atoms with Gasteiger partial charge in [0.05, 0.1) is 31.6 Å². The van der Waals surface area contributed by atoms with Gasteiger partial charge in [0.2, 0.25) is 0 Å². The topological polar surface area (TPSA) is 114 Å². The Morgan fingerprint density at radius 3 is 2.70 bits per heavy atom. The van der Waals surface area contributed by atoms with Gasteiger partial charge in [-0.3, -0.25) is 9.58 Å². The maximum atomic E-state index is 10.1. The van der Waals surface area contributed by atoms with Crippen molar-refractivity contribution < 1.29 is 9.84 Å². The molecule has 0 saturated carbocycles.